The van der Waals surface area contributed by atoms with E-state index in [0.29, 0.717) is 29.4 Å². The first-order valence-corrected chi connectivity index (χ1v) is 8.09. The highest BCUT2D eigenvalue weighted by atomic mass is 16.5. The highest BCUT2D eigenvalue weighted by molar-refractivity contribution is 6.03. The third-order valence-electron chi connectivity index (χ3n) is 4.01. The Balaban J connectivity index is 1.76. The highest BCUT2D eigenvalue weighted by Gasteiger charge is 2.17. The van der Waals surface area contributed by atoms with E-state index >= 15 is 0 Å². The summed E-state index contributed by atoms with van der Waals surface area (Å²) in [6, 6.07) is 15.1. The van der Waals surface area contributed by atoms with E-state index < -0.39 is 0 Å². The molecule has 0 aliphatic rings. The average Bonchev–Trinajstić information content (AvgIpc) is 3.03. The summed E-state index contributed by atoms with van der Waals surface area (Å²) in [5.74, 6) is 0.805. The van der Waals surface area contributed by atoms with Crippen molar-refractivity contribution in [2.45, 2.75) is 13.5 Å². The van der Waals surface area contributed by atoms with Crippen molar-refractivity contribution in [3.05, 3.63) is 65.5 Å². The molecule has 26 heavy (non-hydrogen) atoms. The Kier molecular flexibility index (Phi) is 5.17. The van der Waals surface area contributed by atoms with Gasteiger partial charge in [-0.25, -0.2) is 4.68 Å². The Morgan fingerprint density at radius 1 is 1.08 bits per heavy atom. The van der Waals surface area contributed by atoms with Gasteiger partial charge in [-0.2, -0.15) is 0 Å². The lowest BCUT2D eigenvalue weighted by Gasteiger charge is -2.10. The molecule has 7 nitrogen and oxygen atoms in total. The van der Waals surface area contributed by atoms with Crippen LogP contribution in [0.5, 0.6) is 11.5 Å². The van der Waals surface area contributed by atoms with Crippen LogP contribution in [0.3, 0.4) is 0 Å². The fraction of sp³-hybridized carbons (Fsp3) is 0.211. The molecule has 0 atom stereocenters. The number of nitrogens with one attached hydrogen (secondary N) is 1. The molecule has 134 valence electrons. The molecule has 1 aromatic heterocycles. The number of aromatic nitrogens is 3. The van der Waals surface area contributed by atoms with Crippen LogP contribution in [0.1, 0.15) is 21.7 Å². The zero-order chi connectivity index (χ0) is 18.5. The standard InChI is InChI=1S/C19H20N4O3/c1-13-18(21-22-23(13)12-14-7-5-4-6-8-14)19(24)20-15-9-10-16(25-2)17(11-15)26-3/h4-11H,12H2,1-3H3,(H,20,24). The predicted octanol–water partition coefficient (Wildman–Crippen LogP) is 2.90. The lowest BCUT2D eigenvalue weighted by Crippen LogP contribution is -2.14. The summed E-state index contributed by atoms with van der Waals surface area (Å²) in [6.45, 7) is 2.38. The van der Waals surface area contributed by atoms with E-state index in [4.69, 9.17) is 9.47 Å². The molecular formula is C19H20N4O3. The second-order valence-corrected chi connectivity index (χ2v) is 5.69. The smallest absolute Gasteiger partial charge is 0.278 e. The maximum atomic E-state index is 12.6. The minimum atomic E-state index is -0.325. The van der Waals surface area contributed by atoms with Crippen LogP contribution < -0.4 is 14.8 Å². The van der Waals surface area contributed by atoms with Gasteiger partial charge in [-0.1, -0.05) is 35.5 Å². The van der Waals surface area contributed by atoms with Gasteiger partial charge < -0.3 is 14.8 Å². The minimum Gasteiger partial charge on any atom is -0.493 e. The van der Waals surface area contributed by atoms with Crippen molar-refractivity contribution in [1.82, 2.24) is 15.0 Å². The quantitative estimate of drug-likeness (QED) is 0.738. The summed E-state index contributed by atoms with van der Waals surface area (Å²) in [7, 11) is 3.10. The van der Waals surface area contributed by atoms with Crippen molar-refractivity contribution in [1.29, 1.82) is 0 Å². The number of nitrogens with zero attached hydrogens (tertiary/aromatic N) is 3. The molecule has 0 bridgehead atoms. The molecule has 1 N–H and O–H groups in total. The van der Waals surface area contributed by atoms with Crippen LogP contribution in [0.25, 0.3) is 0 Å². The molecule has 3 rings (SSSR count). The number of hydrogen-bond donors (Lipinski definition) is 1. The number of hydrogen-bond acceptors (Lipinski definition) is 5. The predicted molar refractivity (Wildman–Crippen MR) is 97.8 cm³/mol. The normalized spacial score (nSPS) is 10.4. The first kappa shape index (κ1) is 17.5. The van der Waals surface area contributed by atoms with Gasteiger partial charge in [0.1, 0.15) is 0 Å². The summed E-state index contributed by atoms with van der Waals surface area (Å²) < 4.78 is 12.2. The lowest BCUT2D eigenvalue weighted by atomic mass is 10.2. The molecule has 0 aliphatic heterocycles. The zero-order valence-corrected chi connectivity index (χ0v) is 14.9. The van der Waals surface area contributed by atoms with Crippen molar-refractivity contribution in [2.75, 3.05) is 19.5 Å². The van der Waals surface area contributed by atoms with Crippen LogP contribution in [-0.2, 0) is 6.54 Å². The lowest BCUT2D eigenvalue weighted by molar-refractivity contribution is 0.102. The summed E-state index contributed by atoms with van der Waals surface area (Å²) in [5, 5.41) is 10.9. The van der Waals surface area contributed by atoms with Gasteiger partial charge in [0, 0.05) is 11.8 Å². The van der Waals surface area contributed by atoms with Gasteiger partial charge in [0.05, 0.1) is 26.5 Å². The maximum Gasteiger partial charge on any atom is 0.278 e. The van der Waals surface area contributed by atoms with Crippen molar-refractivity contribution >= 4 is 11.6 Å². The maximum absolute atomic E-state index is 12.6. The Morgan fingerprint density at radius 2 is 1.81 bits per heavy atom. The van der Waals surface area contributed by atoms with E-state index in [9.17, 15) is 4.79 Å². The zero-order valence-electron chi connectivity index (χ0n) is 14.9. The third kappa shape index (κ3) is 3.66. The van der Waals surface area contributed by atoms with Gasteiger partial charge >= 0.3 is 0 Å². The number of ether oxygens (including phenoxy) is 2. The van der Waals surface area contributed by atoms with Crippen molar-refractivity contribution < 1.29 is 14.3 Å². The molecule has 0 radical (unpaired) electrons. The molecule has 1 amide bonds. The number of carbonyl (C=O) groups excluding carboxylic acids is 1. The molecular weight excluding hydrogens is 332 g/mol. The molecule has 2 aromatic carbocycles. The van der Waals surface area contributed by atoms with Gasteiger partial charge in [-0.3, -0.25) is 4.79 Å². The Hall–Kier alpha value is -3.35. The largest absolute Gasteiger partial charge is 0.493 e. The van der Waals surface area contributed by atoms with Crippen LogP contribution in [-0.4, -0.2) is 35.1 Å². The van der Waals surface area contributed by atoms with Crippen LogP contribution >= 0.6 is 0 Å². The van der Waals surface area contributed by atoms with Crippen LogP contribution in [0.4, 0.5) is 5.69 Å². The van der Waals surface area contributed by atoms with Crippen LogP contribution in [0.15, 0.2) is 48.5 Å². The second kappa shape index (κ2) is 7.69. The molecule has 0 unspecified atom stereocenters. The molecule has 0 fully saturated rings. The number of methoxy groups -OCH3 is 2. The molecule has 0 saturated carbocycles. The van der Waals surface area contributed by atoms with E-state index in [-0.39, 0.29) is 11.6 Å². The fourth-order valence-corrected chi connectivity index (χ4v) is 2.58. The summed E-state index contributed by atoms with van der Waals surface area (Å²) in [6.07, 6.45) is 0. The number of carbonyl (C=O) groups is 1. The van der Waals surface area contributed by atoms with Gasteiger partial charge in [-0.15, -0.1) is 5.10 Å². The molecule has 0 aliphatic carbocycles. The molecule has 0 saturated heterocycles. The molecule has 0 spiro atoms. The van der Waals surface area contributed by atoms with Gasteiger partial charge in [0.25, 0.3) is 5.91 Å². The summed E-state index contributed by atoms with van der Waals surface area (Å²) in [4.78, 5) is 12.6. The van der Waals surface area contributed by atoms with E-state index in [1.54, 1.807) is 37.1 Å². The van der Waals surface area contributed by atoms with Crippen molar-refractivity contribution in [2.24, 2.45) is 0 Å². The van der Waals surface area contributed by atoms with E-state index in [1.807, 2.05) is 37.3 Å². The molecule has 1 heterocycles. The monoisotopic (exact) mass is 352 g/mol. The Labute approximate surface area is 151 Å². The van der Waals surface area contributed by atoms with Gasteiger partial charge in [0.15, 0.2) is 17.2 Å². The first-order chi connectivity index (χ1) is 12.6. The van der Waals surface area contributed by atoms with Crippen LogP contribution in [0.2, 0.25) is 0 Å². The van der Waals surface area contributed by atoms with Crippen molar-refractivity contribution in [3.8, 4) is 11.5 Å². The number of benzene rings is 2. The molecule has 3 aromatic rings. The van der Waals surface area contributed by atoms with Crippen molar-refractivity contribution in [3.63, 3.8) is 0 Å². The second-order valence-electron chi connectivity index (χ2n) is 5.69. The minimum absolute atomic E-state index is 0.288. The fourth-order valence-electron chi connectivity index (χ4n) is 2.58. The SMILES string of the molecule is COc1ccc(NC(=O)c2nnn(Cc3ccccc3)c2C)cc1OC. The highest BCUT2D eigenvalue weighted by Crippen LogP contribution is 2.29. The van der Waals surface area contributed by atoms with Crippen LogP contribution in [0, 0.1) is 6.92 Å². The first-order valence-electron chi connectivity index (χ1n) is 8.09. The number of rotatable bonds is 6. The third-order valence-corrected chi connectivity index (χ3v) is 4.01. The van der Waals surface area contributed by atoms with E-state index in [2.05, 4.69) is 15.6 Å². The summed E-state index contributed by atoms with van der Waals surface area (Å²) >= 11 is 0. The summed E-state index contributed by atoms with van der Waals surface area (Å²) in [5.41, 5.74) is 2.67. The molecule has 7 heteroatoms. The van der Waals surface area contributed by atoms with E-state index in [1.165, 1.54) is 0 Å². The topological polar surface area (TPSA) is 78.3 Å². The van der Waals surface area contributed by atoms with Gasteiger partial charge in [-0.05, 0) is 24.6 Å². The Morgan fingerprint density at radius 3 is 2.50 bits per heavy atom. The average molecular weight is 352 g/mol. The van der Waals surface area contributed by atoms with Gasteiger partial charge in [0.2, 0.25) is 0 Å². The number of amides is 1. The number of anilines is 1. The van der Waals surface area contributed by atoms with E-state index in [0.717, 1.165) is 5.56 Å². The Bertz CT molecular complexity index is 906.